The third kappa shape index (κ3) is 7.92. The number of guanidine groups is 1. The van der Waals surface area contributed by atoms with Crippen molar-refractivity contribution in [1.82, 2.24) is 10.6 Å². The second-order valence-electron chi connectivity index (χ2n) is 5.57. The number of nitrogens with two attached hydrogens (primary N) is 1. The molecule has 1 rings (SSSR count). The summed E-state index contributed by atoms with van der Waals surface area (Å²) in [6.45, 7) is 9.62. The van der Waals surface area contributed by atoms with Gasteiger partial charge in [-0.1, -0.05) is 6.07 Å². The van der Waals surface area contributed by atoms with Gasteiger partial charge in [0.15, 0.2) is 17.5 Å². The van der Waals surface area contributed by atoms with Crippen molar-refractivity contribution in [2.75, 3.05) is 32.1 Å². The van der Waals surface area contributed by atoms with Crippen molar-refractivity contribution in [3.63, 3.8) is 0 Å². The number of primary sulfonamides is 1. The summed E-state index contributed by atoms with van der Waals surface area (Å²) in [6.07, 6.45) is 0. The Hall–Kier alpha value is -2.00. The van der Waals surface area contributed by atoms with Gasteiger partial charge in [0.25, 0.3) is 0 Å². The van der Waals surface area contributed by atoms with E-state index in [0.717, 1.165) is 5.56 Å². The van der Waals surface area contributed by atoms with Crippen molar-refractivity contribution in [3.05, 3.63) is 23.8 Å². The zero-order chi connectivity index (χ0) is 19.6. The molecule has 1 aromatic rings. The fourth-order valence-electron chi connectivity index (χ4n) is 2.23. The second kappa shape index (κ2) is 10.9. The van der Waals surface area contributed by atoms with Gasteiger partial charge < -0.3 is 20.1 Å². The number of sulfonamides is 1. The second-order valence-corrected chi connectivity index (χ2v) is 7.30. The highest BCUT2D eigenvalue weighted by molar-refractivity contribution is 7.89. The Bertz CT molecular complexity index is 692. The molecule has 0 saturated carbocycles. The number of nitrogens with zero attached hydrogens (tertiary/aromatic N) is 1. The lowest BCUT2D eigenvalue weighted by Gasteiger charge is -2.20. The van der Waals surface area contributed by atoms with Gasteiger partial charge in [0.2, 0.25) is 10.0 Å². The number of benzene rings is 1. The molecule has 1 aromatic carbocycles. The largest absolute Gasteiger partial charge is 0.490 e. The summed E-state index contributed by atoms with van der Waals surface area (Å²) in [7, 11) is -3.53. The SMILES string of the molecule is CCNC(=NCCS(N)(=O)=O)NC(C)c1ccc(OCC)c(OCC)c1. The van der Waals surface area contributed by atoms with Crippen LogP contribution in [0.1, 0.15) is 39.3 Å². The van der Waals surface area contributed by atoms with Crippen molar-refractivity contribution >= 4 is 16.0 Å². The molecule has 0 aliphatic rings. The van der Waals surface area contributed by atoms with E-state index in [4.69, 9.17) is 14.6 Å². The van der Waals surface area contributed by atoms with Crippen LogP contribution in [0.25, 0.3) is 0 Å². The maximum atomic E-state index is 11.0. The first kappa shape index (κ1) is 22.0. The number of hydrogen-bond acceptors (Lipinski definition) is 5. The van der Waals surface area contributed by atoms with Gasteiger partial charge in [-0.05, 0) is 45.4 Å². The van der Waals surface area contributed by atoms with Crippen molar-refractivity contribution in [3.8, 4) is 11.5 Å². The van der Waals surface area contributed by atoms with Crippen LogP contribution >= 0.6 is 0 Å². The van der Waals surface area contributed by atoms with Crippen LogP contribution in [-0.4, -0.2) is 46.4 Å². The first-order valence-corrected chi connectivity index (χ1v) is 10.5. The quantitative estimate of drug-likeness (QED) is 0.413. The minimum absolute atomic E-state index is 0.0721. The number of aliphatic imine (C=N–C) groups is 1. The molecular weight excluding hydrogens is 356 g/mol. The minimum atomic E-state index is -3.53. The normalized spacial score (nSPS) is 13.2. The Morgan fingerprint density at radius 2 is 1.85 bits per heavy atom. The molecular formula is C17H30N4O4S. The lowest BCUT2D eigenvalue weighted by atomic mass is 10.1. The number of nitrogens with one attached hydrogen (secondary N) is 2. The number of rotatable bonds is 10. The molecule has 1 unspecified atom stereocenters. The predicted octanol–water partition coefficient (Wildman–Crippen LogP) is 1.39. The minimum Gasteiger partial charge on any atom is -0.490 e. The average Bonchev–Trinajstić information content (AvgIpc) is 2.55. The van der Waals surface area contributed by atoms with E-state index < -0.39 is 10.0 Å². The highest BCUT2D eigenvalue weighted by atomic mass is 32.2. The molecule has 0 radical (unpaired) electrons. The number of ether oxygens (including phenoxy) is 2. The zero-order valence-corrected chi connectivity index (χ0v) is 16.7. The van der Waals surface area contributed by atoms with Gasteiger partial charge in [0.1, 0.15) is 0 Å². The molecule has 0 fully saturated rings. The monoisotopic (exact) mass is 386 g/mol. The van der Waals surface area contributed by atoms with Gasteiger partial charge in [0.05, 0.1) is 31.6 Å². The van der Waals surface area contributed by atoms with Crippen LogP contribution < -0.4 is 25.2 Å². The van der Waals surface area contributed by atoms with E-state index in [1.165, 1.54) is 0 Å². The molecule has 0 aliphatic heterocycles. The van der Waals surface area contributed by atoms with Crippen LogP contribution in [0.15, 0.2) is 23.2 Å². The molecule has 26 heavy (non-hydrogen) atoms. The Morgan fingerprint density at radius 1 is 1.19 bits per heavy atom. The van der Waals surface area contributed by atoms with Gasteiger partial charge in [-0.25, -0.2) is 13.6 Å². The van der Waals surface area contributed by atoms with Crippen molar-refractivity contribution in [2.24, 2.45) is 10.1 Å². The molecule has 0 saturated heterocycles. The van der Waals surface area contributed by atoms with Gasteiger partial charge >= 0.3 is 0 Å². The molecule has 0 aliphatic carbocycles. The van der Waals surface area contributed by atoms with Gasteiger partial charge in [-0.3, -0.25) is 4.99 Å². The molecule has 1 atom stereocenters. The predicted molar refractivity (Wildman–Crippen MR) is 104 cm³/mol. The Balaban J connectivity index is 2.89. The summed E-state index contributed by atoms with van der Waals surface area (Å²) >= 11 is 0. The molecule has 0 spiro atoms. The summed E-state index contributed by atoms with van der Waals surface area (Å²) in [5, 5.41) is 11.3. The van der Waals surface area contributed by atoms with Crippen LogP contribution in [0, 0.1) is 0 Å². The molecule has 0 bridgehead atoms. The third-order valence-corrected chi connectivity index (χ3v) is 4.16. The summed E-state index contributed by atoms with van der Waals surface area (Å²) in [5.74, 6) is 1.72. The van der Waals surface area contributed by atoms with Crippen LogP contribution in [0.3, 0.4) is 0 Å². The summed E-state index contributed by atoms with van der Waals surface area (Å²) in [6, 6.07) is 5.70. The highest BCUT2D eigenvalue weighted by Gasteiger charge is 2.12. The molecule has 8 nitrogen and oxygen atoms in total. The molecule has 0 amide bonds. The summed E-state index contributed by atoms with van der Waals surface area (Å²) < 4.78 is 33.3. The van der Waals surface area contributed by atoms with E-state index in [1.54, 1.807) is 0 Å². The van der Waals surface area contributed by atoms with Crippen LogP contribution in [0.5, 0.6) is 11.5 Å². The van der Waals surface area contributed by atoms with Crippen molar-refractivity contribution < 1.29 is 17.9 Å². The fourth-order valence-corrected chi connectivity index (χ4v) is 2.58. The van der Waals surface area contributed by atoms with Crippen LogP contribution in [-0.2, 0) is 10.0 Å². The Labute approximate surface area is 156 Å². The first-order chi connectivity index (χ1) is 12.3. The van der Waals surface area contributed by atoms with E-state index >= 15 is 0 Å². The van der Waals surface area contributed by atoms with Gasteiger partial charge in [0, 0.05) is 6.54 Å². The standard InChI is InChI=1S/C17H30N4O4S/c1-5-19-17(20-10-11-26(18,22)23)21-13(4)14-8-9-15(24-6-2)16(12-14)25-7-3/h8-9,12-13H,5-7,10-11H2,1-4H3,(H2,18,22,23)(H2,19,20,21). The van der Waals surface area contributed by atoms with Crippen LogP contribution in [0.2, 0.25) is 0 Å². The molecule has 9 heteroatoms. The summed E-state index contributed by atoms with van der Waals surface area (Å²) in [4.78, 5) is 4.25. The zero-order valence-electron chi connectivity index (χ0n) is 15.9. The van der Waals surface area contributed by atoms with Crippen LogP contribution in [0.4, 0.5) is 0 Å². The van der Waals surface area contributed by atoms with E-state index in [2.05, 4.69) is 15.6 Å². The lowest BCUT2D eigenvalue weighted by Crippen LogP contribution is -2.39. The topological polar surface area (TPSA) is 115 Å². The van der Waals surface area contributed by atoms with Crippen molar-refractivity contribution in [2.45, 2.75) is 33.7 Å². The lowest BCUT2D eigenvalue weighted by molar-refractivity contribution is 0.287. The molecule has 148 valence electrons. The first-order valence-electron chi connectivity index (χ1n) is 8.75. The molecule has 4 N–H and O–H groups in total. The smallest absolute Gasteiger partial charge is 0.210 e. The molecule has 0 aromatic heterocycles. The van der Waals surface area contributed by atoms with Gasteiger partial charge in [-0.15, -0.1) is 0 Å². The Morgan fingerprint density at radius 3 is 2.42 bits per heavy atom. The van der Waals surface area contributed by atoms with E-state index in [0.29, 0.717) is 37.2 Å². The van der Waals surface area contributed by atoms with E-state index in [1.807, 2.05) is 45.9 Å². The third-order valence-electron chi connectivity index (χ3n) is 3.41. The average molecular weight is 387 g/mol. The Kier molecular flexibility index (Phi) is 9.22. The molecule has 0 heterocycles. The van der Waals surface area contributed by atoms with E-state index in [9.17, 15) is 8.42 Å². The van der Waals surface area contributed by atoms with E-state index in [-0.39, 0.29) is 18.3 Å². The highest BCUT2D eigenvalue weighted by Crippen LogP contribution is 2.30. The number of hydrogen-bond donors (Lipinski definition) is 3. The fraction of sp³-hybridized carbons (Fsp3) is 0.588. The maximum absolute atomic E-state index is 11.0. The maximum Gasteiger partial charge on any atom is 0.210 e. The van der Waals surface area contributed by atoms with Gasteiger partial charge in [-0.2, -0.15) is 0 Å². The van der Waals surface area contributed by atoms with Crippen molar-refractivity contribution in [1.29, 1.82) is 0 Å². The summed E-state index contributed by atoms with van der Waals surface area (Å²) in [5.41, 5.74) is 0.994.